The van der Waals surface area contributed by atoms with Gasteiger partial charge in [0, 0.05) is 16.7 Å². The van der Waals surface area contributed by atoms with Crippen LogP contribution in [0.25, 0.3) is 0 Å². The van der Waals surface area contributed by atoms with Crippen LogP contribution >= 0.6 is 11.9 Å². The lowest BCUT2D eigenvalue weighted by Gasteiger charge is -2.12. The summed E-state index contributed by atoms with van der Waals surface area (Å²) in [6.45, 7) is 2.96. The minimum Gasteiger partial charge on any atom is -0.368 e. The number of rotatable bonds is 5. The van der Waals surface area contributed by atoms with E-state index < -0.39 is 12.0 Å². The molecule has 1 N–H and O–H groups in total. The van der Waals surface area contributed by atoms with E-state index in [1.54, 1.807) is 6.92 Å². The van der Waals surface area contributed by atoms with E-state index in [-0.39, 0.29) is 12.3 Å². The molecule has 1 aromatic heterocycles. The van der Waals surface area contributed by atoms with Crippen molar-refractivity contribution in [2.75, 3.05) is 0 Å². The maximum Gasteiger partial charge on any atom is 0.343 e. The molecule has 2 aromatic rings. The molecule has 1 atom stereocenters. The van der Waals surface area contributed by atoms with Gasteiger partial charge in [0.15, 0.2) is 6.29 Å². The molecule has 1 heterocycles. The summed E-state index contributed by atoms with van der Waals surface area (Å²) >= 11 is 1.06. The Morgan fingerprint density at radius 1 is 1.29 bits per heavy atom. The highest BCUT2D eigenvalue weighted by Crippen LogP contribution is 2.15. The molecule has 0 fully saturated rings. The molecular formula is C14H16N2O4S. The van der Waals surface area contributed by atoms with Crippen LogP contribution in [-0.2, 0) is 11.5 Å². The van der Waals surface area contributed by atoms with Crippen LogP contribution in [0.15, 0.2) is 51.0 Å². The van der Waals surface area contributed by atoms with Crippen molar-refractivity contribution in [3.05, 3.63) is 62.9 Å². The zero-order chi connectivity index (χ0) is 15.4. The molecule has 7 heteroatoms. The monoisotopic (exact) mass is 308 g/mol. The molecule has 2 rings (SSSR count). The van der Waals surface area contributed by atoms with E-state index in [0.29, 0.717) is 5.56 Å². The average molecular weight is 308 g/mol. The van der Waals surface area contributed by atoms with Gasteiger partial charge in [-0.3, -0.25) is 9.36 Å². The first-order valence-corrected chi connectivity index (χ1v) is 7.12. The van der Waals surface area contributed by atoms with Crippen molar-refractivity contribution in [1.29, 1.82) is 0 Å². The summed E-state index contributed by atoms with van der Waals surface area (Å²) in [5.41, 5.74) is -0.436. The van der Waals surface area contributed by atoms with Crippen LogP contribution in [0.4, 0.5) is 0 Å². The third-order valence-corrected chi connectivity index (χ3v) is 3.67. The van der Waals surface area contributed by atoms with Gasteiger partial charge in [-0.05, 0) is 37.9 Å². The standard InChI is InChI=1S/C14H16N2O4S/c1-10-8-15(9-20-11(2)17)14(19)16(13(10)18)21-12-6-4-3-5-7-12/h3-8,11,17H,9H2,1-2H3. The van der Waals surface area contributed by atoms with Crippen LogP contribution < -0.4 is 11.2 Å². The molecule has 0 aliphatic rings. The van der Waals surface area contributed by atoms with Crippen molar-refractivity contribution >= 4 is 11.9 Å². The number of aliphatic hydroxyl groups excluding tert-OH is 1. The first-order valence-electron chi connectivity index (χ1n) is 6.35. The molecule has 21 heavy (non-hydrogen) atoms. The Kier molecular flexibility index (Phi) is 5.00. The van der Waals surface area contributed by atoms with Crippen LogP contribution in [0.5, 0.6) is 0 Å². The predicted octanol–water partition coefficient (Wildman–Crippen LogP) is 1.19. The van der Waals surface area contributed by atoms with Gasteiger partial charge in [0.05, 0.1) is 0 Å². The minimum atomic E-state index is -0.987. The van der Waals surface area contributed by atoms with E-state index >= 15 is 0 Å². The lowest BCUT2D eigenvalue weighted by atomic mass is 10.4. The first kappa shape index (κ1) is 15.6. The van der Waals surface area contributed by atoms with Gasteiger partial charge in [-0.2, -0.15) is 3.97 Å². The molecule has 0 aliphatic heterocycles. The van der Waals surface area contributed by atoms with Crippen LogP contribution in [0.3, 0.4) is 0 Å². The summed E-state index contributed by atoms with van der Waals surface area (Å²) in [5.74, 6) is 0. The number of hydrogen-bond donors (Lipinski definition) is 1. The van der Waals surface area contributed by atoms with Gasteiger partial charge in [-0.15, -0.1) is 0 Å². The van der Waals surface area contributed by atoms with E-state index in [1.807, 2.05) is 30.3 Å². The second-order valence-electron chi connectivity index (χ2n) is 4.46. The summed E-state index contributed by atoms with van der Waals surface area (Å²) in [4.78, 5) is 25.2. The maximum absolute atomic E-state index is 12.3. The number of aryl methyl sites for hydroxylation is 1. The SMILES string of the molecule is Cc1cn(COC(C)O)c(=O)n(Sc2ccccc2)c1=O. The molecular weight excluding hydrogens is 292 g/mol. The van der Waals surface area contributed by atoms with Gasteiger partial charge >= 0.3 is 5.69 Å². The highest BCUT2D eigenvalue weighted by Gasteiger charge is 2.11. The van der Waals surface area contributed by atoms with E-state index in [2.05, 4.69) is 0 Å². The average Bonchev–Trinajstić information content (AvgIpc) is 2.47. The highest BCUT2D eigenvalue weighted by atomic mass is 32.2. The molecule has 0 amide bonds. The zero-order valence-electron chi connectivity index (χ0n) is 11.7. The van der Waals surface area contributed by atoms with Crippen molar-refractivity contribution in [2.45, 2.75) is 31.8 Å². The quantitative estimate of drug-likeness (QED) is 0.840. The Hall–Kier alpha value is -1.83. The summed E-state index contributed by atoms with van der Waals surface area (Å²) in [6, 6.07) is 9.15. The van der Waals surface area contributed by atoms with Gasteiger partial charge < -0.3 is 9.84 Å². The molecule has 112 valence electrons. The number of aliphatic hydroxyl groups is 1. The van der Waals surface area contributed by atoms with Crippen molar-refractivity contribution in [2.24, 2.45) is 0 Å². The number of aromatic nitrogens is 2. The Bertz CT molecular complexity index is 722. The van der Waals surface area contributed by atoms with Crippen molar-refractivity contribution in [3.63, 3.8) is 0 Å². The fourth-order valence-electron chi connectivity index (χ4n) is 1.66. The second-order valence-corrected chi connectivity index (χ2v) is 5.48. The lowest BCUT2D eigenvalue weighted by Crippen LogP contribution is -2.38. The van der Waals surface area contributed by atoms with Crippen LogP contribution in [0, 0.1) is 6.92 Å². The molecule has 0 bridgehead atoms. The Morgan fingerprint density at radius 3 is 2.57 bits per heavy atom. The topological polar surface area (TPSA) is 73.5 Å². The van der Waals surface area contributed by atoms with Crippen LogP contribution in [-0.4, -0.2) is 19.9 Å². The fraction of sp³-hybridized carbons (Fsp3) is 0.286. The Morgan fingerprint density at radius 2 is 1.95 bits per heavy atom. The largest absolute Gasteiger partial charge is 0.368 e. The van der Waals surface area contributed by atoms with E-state index in [1.165, 1.54) is 17.7 Å². The lowest BCUT2D eigenvalue weighted by molar-refractivity contribution is -0.113. The smallest absolute Gasteiger partial charge is 0.343 e. The van der Waals surface area contributed by atoms with Gasteiger partial charge in [-0.25, -0.2) is 4.79 Å². The summed E-state index contributed by atoms with van der Waals surface area (Å²) in [6.07, 6.45) is 0.439. The second kappa shape index (κ2) is 6.75. The maximum atomic E-state index is 12.3. The van der Waals surface area contributed by atoms with Gasteiger partial charge in [0.25, 0.3) is 5.56 Å². The molecule has 0 saturated carbocycles. The molecule has 0 saturated heterocycles. The molecule has 6 nitrogen and oxygen atoms in total. The highest BCUT2D eigenvalue weighted by molar-refractivity contribution is 7.97. The normalized spacial score (nSPS) is 12.3. The Balaban J connectivity index is 2.40. The van der Waals surface area contributed by atoms with E-state index in [0.717, 1.165) is 20.8 Å². The third kappa shape index (κ3) is 3.84. The van der Waals surface area contributed by atoms with Crippen molar-refractivity contribution in [3.8, 4) is 0 Å². The molecule has 0 radical (unpaired) electrons. The van der Waals surface area contributed by atoms with Gasteiger partial charge in [-0.1, -0.05) is 18.2 Å². The third-order valence-electron chi connectivity index (χ3n) is 2.69. The van der Waals surface area contributed by atoms with Crippen molar-refractivity contribution < 1.29 is 9.84 Å². The number of nitrogens with zero attached hydrogens (tertiary/aromatic N) is 2. The Labute approximate surface area is 125 Å². The van der Waals surface area contributed by atoms with E-state index in [4.69, 9.17) is 9.84 Å². The molecule has 1 unspecified atom stereocenters. The number of benzene rings is 1. The summed E-state index contributed by atoms with van der Waals surface area (Å²) < 4.78 is 7.33. The number of ether oxygens (including phenoxy) is 1. The van der Waals surface area contributed by atoms with E-state index in [9.17, 15) is 9.59 Å². The van der Waals surface area contributed by atoms with Crippen LogP contribution in [0.1, 0.15) is 12.5 Å². The summed E-state index contributed by atoms with van der Waals surface area (Å²) in [7, 11) is 0. The molecule has 0 aliphatic carbocycles. The van der Waals surface area contributed by atoms with Gasteiger partial charge in [0.1, 0.15) is 6.73 Å². The van der Waals surface area contributed by atoms with Crippen molar-refractivity contribution in [1.82, 2.24) is 8.54 Å². The molecule has 0 spiro atoms. The first-order chi connectivity index (χ1) is 9.99. The van der Waals surface area contributed by atoms with Gasteiger partial charge in [0.2, 0.25) is 0 Å². The summed E-state index contributed by atoms with van der Waals surface area (Å²) in [5, 5.41) is 9.12. The molecule has 1 aromatic carbocycles. The minimum absolute atomic E-state index is 0.118. The zero-order valence-corrected chi connectivity index (χ0v) is 12.5. The van der Waals surface area contributed by atoms with Crippen LogP contribution in [0.2, 0.25) is 0 Å². The number of hydrogen-bond acceptors (Lipinski definition) is 5. The predicted molar refractivity (Wildman–Crippen MR) is 80.2 cm³/mol. The fourth-order valence-corrected chi connectivity index (χ4v) is 2.56.